The van der Waals surface area contributed by atoms with Crippen molar-refractivity contribution < 1.29 is 27.3 Å². The molecule has 0 unspecified atom stereocenters. The van der Waals surface area contributed by atoms with Crippen molar-refractivity contribution in [3.05, 3.63) is 62.9 Å². The minimum absolute atomic E-state index is 0.0983. The van der Waals surface area contributed by atoms with Gasteiger partial charge in [-0.3, -0.25) is 15.0 Å². The molecule has 4 rings (SSSR count). The zero-order valence-corrected chi connectivity index (χ0v) is 21.8. The number of piperazine rings is 1. The van der Waals surface area contributed by atoms with Crippen LogP contribution in [0.5, 0.6) is 0 Å². The average Bonchev–Trinajstić information content (AvgIpc) is 2.87. The summed E-state index contributed by atoms with van der Waals surface area (Å²) in [7, 11) is 0. The van der Waals surface area contributed by atoms with Gasteiger partial charge in [0.25, 0.3) is 5.69 Å². The standard InChI is InChI=1S/C24H26ClF4N5O3S/c25-16-1-3-22(20(26)13-16)31-9-11-33(12-10-31)37-15-23(38)32-7-5-17(6-8-32)30-18-2-4-21(34(35)36)19(14-18)24(27,28)29/h1-4,13-14,17,30H,5-12,15H2. The number of alkyl halides is 3. The molecule has 2 aromatic rings. The number of hydrogen-bond acceptors (Lipinski definition) is 7. The largest absolute Gasteiger partial charge is 0.423 e. The second-order valence-corrected chi connectivity index (χ2v) is 9.98. The third kappa shape index (κ3) is 7.01. The lowest BCUT2D eigenvalue weighted by Gasteiger charge is -2.37. The molecule has 2 heterocycles. The SMILES string of the molecule is O=[N+]([O-])c1ccc(NC2CCN(C(=S)CON3CCN(c4ccc(Cl)cc4F)CC3)CC2)cc1C(F)(F)F. The van der Waals surface area contributed by atoms with Gasteiger partial charge in [0.1, 0.15) is 23.0 Å². The number of thiocarbonyl (C=S) groups is 1. The van der Waals surface area contributed by atoms with Crippen molar-refractivity contribution in [2.45, 2.75) is 25.1 Å². The Hall–Kier alpha value is -2.74. The van der Waals surface area contributed by atoms with Crippen LogP contribution in [0, 0.1) is 15.9 Å². The Bertz CT molecular complexity index is 1170. The maximum Gasteiger partial charge on any atom is 0.423 e. The number of nitrogens with zero attached hydrogens (tertiary/aromatic N) is 4. The molecule has 2 aliphatic rings. The number of likely N-dealkylation sites (tertiary alicyclic amines) is 1. The number of benzene rings is 2. The summed E-state index contributed by atoms with van der Waals surface area (Å²) in [6, 6.07) is 7.47. The lowest BCUT2D eigenvalue weighted by atomic mass is 10.0. The van der Waals surface area contributed by atoms with Gasteiger partial charge >= 0.3 is 6.18 Å². The predicted octanol–water partition coefficient (Wildman–Crippen LogP) is 5.36. The summed E-state index contributed by atoms with van der Waals surface area (Å²) in [4.78, 5) is 20.3. The van der Waals surface area contributed by atoms with E-state index in [4.69, 9.17) is 28.7 Å². The van der Waals surface area contributed by atoms with Crippen molar-refractivity contribution in [2.24, 2.45) is 0 Å². The molecule has 206 valence electrons. The molecule has 0 saturated carbocycles. The molecular weight excluding hydrogens is 550 g/mol. The Morgan fingerprint density at radius 1 is 1.11 bits per heavy atom. The van der Waals surface area contributed by atoms with E-state index in [1.165, 1.54) is 12.1 Å². The monoisotopic (exact) mass is 575 g/mol. The molecule has 14 heteroatoms. The van der Waals surface area contributed by atoms with E-state index in [2.05, 4.69) is 5.32 Å². The maximum atomic E-state index is 14.2. The summed E-state index contributed by atoms with van der Waals surface area (Å²) in [5, 5.41) is 16.2. The molecular formula is C24H26ClF4N5O3S. The molecule has 1 N–H and O–H groups in total. The van der Waals surface area contributed by atoms with E-state index in [0.717, 1.165) is 12.1 Å². The highest BCUT2D eigenvalue weighted by Gasteiger charge is 2.38. The van der Waals surface area contributed by atoms with Crippen molar-refractivity contribution in [2.75, 3.05) is 56.1 Å². The van der Waals surface area contributed by atoms with Gasteiger partial charge < -0.3 is 15.1 Å². The van der Waals surface area contributed by atoms with Crippen LogP contribution >= 0.6 is 23.8 Å². The third-order valence-corrected chi connectivity index (χ3v) is 7.19. The molecule has 0 amide bonds. The second kappa shape index (κ2) is 12.0. The van der Waals surface area contributed by atoms with Crippen LogP contribution in [0.3, 0.4) is 0 Å². The number of nitro benzene ring substituents is 1. The van der Waals surface area contributed by atoms with Gasteiger partial charge in [0.05, 0.1) is 10.6 Å². The molecule has 0 aromatic heterocycles. The van der Waals surface area contributed by atoms with Gasteiger partial charge in [-0.1, -0.05) is 23.8 Å². The molecule has 2 saturated heterocycles. The first kappa shape index (κ1) is 28.3. The van der Waals surface area contributed by atoms with Crippen LogP contribution in [-0.4, -0.2) is 71.8 Å². The van der Waals surface area contributed by atoms with Crippen molar-refractivity contribution in [1.29, 1.82) is 0 Å². The van der Waals surface area contributed by atoms with E-state index in [0.29, 0.717) is 67.8 Å². The molecule has 8 nitrogen and oxygen atoms in total. The third-order valence-electron chi connectivity index (χ3n) is 6.58. The zero-order valence-electron chi connectivity index (χ0n) is 20.2. The number of nitrogens with one attached hydrogen (secondary N) is 1. The first-order chi connectivity index (χ1) is 18.0. The van der Waals surface area contributed by atoms with Gasteiger partial charge in [-0.25, -0.2) is 4.39 Å². The van der Waals surface area contributed by atoms with Crippen molar-refractivity contribution in [3.8, 4) is 0 Å². The first-order valence-corrected chi connectivity index (χ1v) is 12.8. The molecule has 0 bridgehead atoms. The van der Waals surface area contributed by atoms with Crippen LogP contribution in [0.2, 0.25) is 5.02 Å². The van der Waals surface area contributed by atoms with Crippen molar-refractivity contribution in [1.82, 2.24) is 9.96 Å². The van der Waals surface area contributed by atoms with Crippen molar-refractivity contribution >= 4 is 45.9 Å². The number of hydroxylamine groups is 2. The van der Waals surface area contributed by atoms with Crippen LogP contribution < -0.4 is 10.2 Å². The van der Waals surface area contributed by atoms with Gasteiger partial charge in [0.15, 0.2) is 0 Å². The minimum atomic E-state index is -4.83. The highest BCUT2D eigenvalue weighted by atomic mass is 35.5. The quantitative estimate of drug-likeness (QED) is 0.205. The fourth-order valence-corrected chi connectivity index (χ4v) is 4.95. The molecule has 38 heavy (non-hydrogen) atoms. The summed E-state index contributed by atoms with van der Waals surface area (Å²) < 4.78 is 53.9. The Balaban J connectivity index is 1.21. The molecule has 0 atom stereocenters. The fourth-order valence-electron chi connectivity index (χ4n) is 4.55. The van der Waals surface area contributed by atoms with Gasteiger partial charge in [0.2, 0.25) is 0 Å². The molecule has 0 spiro atoms. The number of rotatable bonds is 7. The first-order valence-electron chi connectivity index (χ1n) is 12.0. The number of anilines is 2. The van der Waals surface area contributed by atoms with E-state index in [9.17, 15) is 27.7 Å². The molecule has 2 fully saturated rings. The van der Waals surface area contributed by atoms with Crippen LogP contribution in [0.1, 0.15) is 18.4 Å². The van der Waals surface area contributed by atoms with Gasteiger partial charge in [-0.2, -0.15) is 18.2 Å². The van der Waals surface area contributed by atoms with Gasteiger partial charge in [-0.05, 0) is 43.2 Å². The number of nitro groups is 1. The van der Waals surface area contributed by atoms with E-state index in [-0.39, 0.29) is 24.2 Å². The van der Waals surface area contributed by atoms with Gasteiger partial charge in [0, 0.05) is 62.1 Å². The maximum absolute atomic E-state index is 14.2. The van der Waals surface area contributed by atoms with Crippen LogP contribution in [0.4, 0.5) is 34.6 Å². The van der Waals surface area contributed by atoms with Crippen LogP contribution in [-0.2, 0) is 11.0 Å². The van der Waals surface area contributed by atoms with Crippen LogP contribution in [0.15, 0.2) is 36.4 Å². The van der Waals surface area contributed by atoms with Gasteiger partial charge in [-0.15, -0.1) is 0 Å². The summed E-state index contributed by atoms with van der Waals surface area (Å²) in [6.07, 6.45) is -3.57. The highest BCUT2D eigenvalue weighted by molar-refractivity contribution is 7.80. The highest BCUT2D eigenvalue weighted by Crippen LogP contribution is 2.38. The topological polar surface area (TPSA) is 74.1 Å². The van der Waals surface area contributed by atoms with Crippen molar-refractivity contribution in [3.63, 3.8) is 0 Å². The Morgan fingerprint density at radius 2 is 1.79 bits per heavy atom. The normalized spacial score (nSPS) is 17.5. The van der Waals surface area contributed by atoms with E-state index < -0.39 is 22.4 Å². The van der Waals surface area contributed by atoms with E-state index >= 15 is 0 Å². The Labute approximate surface area is 227 Å². The van der Waals surface area contributed by atoms with Crippen LogP contribution in [0.25, 0.3) is 0 Å². The number of piperidine rings is 1. The predicted molar refractivity (Wildman–Crippen MR) is 140 cm³/mol. The zero-order chi connectivity index (χ0) is 27.4. The Kier molecular flexibility index (Phi) is 8.91. The minimum Gasteiger partial charge on any atom is -0.382 e. The van der Waals surface area contributed by atoms with E-state index in [1.54, 1.807) is 17.2 Å². The number of halogens is 5. The molecule has 0 aliphatic carbocycles. The summed E-state index contributed by atoms with van der Waals surface area (Å²) in [5.74, 6) is -0.361. The smallest absolute Gasteiger partial charge is 0.382 e. The molecule has 0 radical (unpaired) electrons. The Morgan fingerprint density at radius 3 is 2.39 bits per heavy atom. The van der Waals surface area contributed by atoms with E-state index in [1.807, 2.05) is 9.80 Å². The summed E-state index contributed by atoms with van der Waals surface area (Å²) in [5.41, 5.74) is -1.56. The average molecular weight is 576 g/mol. The lowest BCUT2D eigenvalue weighted by Crippen LogP contribution is -2.48. The summed E-state index contributed by atoms with van der Waals surface area (Å²) >= 11 is 11.4. The molecule has 2 aromatic carbocycles. The lowest BCUT2D eigenvalue weighted by molar-refractivity contribution is -0.388. The number of hydrogen-bond donors (Lipinski definition) is 1. The molecule has 2 aliphatic heterocycles. The second-order valence-electron chi connectivity index (χ2n) is 9.07. The summed E-state index contributed by atoms with van der Waals surface area (Å²) in [6.45, 7) is 3.74. The fraction of sp³-hybridized carbons (Fsp3) is 0.458.